The summed E-state index contributed by atoms with van der Waals surface area (Å²) in [7, 11) is 0. The average molecular weight is 497 g/mol. The van der Waals surface area contributed by atoms with Crippen molar-refractivity contribution < 1.29 is 32.3 Å². The summed E-state index contributed by atoms with van der Waals surface area (Å²) in [4.78, 5) is 45.0. The molecule has 1 aromatic rings. The van der Waals surface area contributed by atoms with E-state index in [1.165, 1.54) is 4.90 Å². The van der Waals surface area contributed by atoms with Gasteiger partial charge in [-0.05, 0) is 52.2 Å². The summed E-state index contributed by atoms with van der Waals surface area (Å²) < 4.78 is 44.2. The van der Waals surface area contributed by atoms with Crippen LogP contribution in [0.25, 0.3) is 0 Å². The standard InChI is InChI=1S/C24H31F3N4O4/c1-22(2,3)35-21(34)28-13-10-23(11-14-28)20(33)30(16-31(23)17-7-5-4-6-8-17)18-9-12-29(19(18)32)15-24(25,26)27/h4-8,18H,9-16H2,1-3H3. The number of nitrogens with zero attached hydrogens (tertiary/aromatic N) is 4. The van der Waals surface area contributed by atoms with Gasteiger partial charge in [-0.3, -0.25) is 9.59 Å². The minimum atomic E-state index is -4.49. The van der Waals surface area contributed by atoms with Crippen LogP contribution in [-0.4, -0.2) is 88.8 Å². The first-order chi connectivity index (χ1) is 16.3. The van der Waals surface area contributed by atoms with Gasteiger partial charge in [-0.15, -0.1) is 0 Å². The van der Waals surface area contributed by atoms with Gasteiger partial charge in [0.15, 0.2) is 0 Å². The Labute approximate surface area is 202 Å². The molecule has 1 unspecified atom stereocenters. The van der Waals surface area contributed by atoms with Crippen LogP contribution >= 0.6 is 0 Å². The number of likely N-dealkylation sites (tertiary alicyclic amines) is 2. The third-order valence-electron chi connectivity index (χ3n) is 6.80. The number of benzene rings is 1. The van der Waals surface area contributed by atoms with Crippen LogP contribution in [0, 0.1) is 0 Å². The molecule has 3 saturated heterocycles. The molecule has 3 fully saturated rings. The lowest BCUT2D eigenvalue weighted by Crippen LogP contribution is -2.58. The Morgan fingerprint density at radius 2 is 1.69 bits per heavy atom. The largest absolute Gasteiger partial charge is 0.444 e. The number of halogens is 3. The van der Waals surface area contributed by atoms with E-state index in [-0.39, 0.29) is 38.6 Å². The molecule has 192 valence electrons. The van der Waals surface area contributed by atoms with Gasteiger partial charge in [0.25, 0.3) is 5.91 Å². The molecule has 1 aromatic carbocycles. The normalized spacial score (nSPS) is 23.0. The molecule has 11 heteroatoms. The molecule has 0 bridgehead atoms. The predicted molar refractivity (Wildman–Crippen MR) is 121 cm³/mol. The third-order valence-corrected chi connectivity index (χ3v) is 6.80. The number of hydrogen-bond donors (Lipinski definition) is 0. The number of piperidine rings is 1. The van der Waals surface area contributed by atoms with E-state index < -0.39 is 41.9 Å². The van der Waals surface area contributed by atoms with Gasteiger partial charge in [0.2, 0.25) is 5.91 Å². The van der Waals surface area contributed by atoms with Gasteiger partial charge >= 0.3 is 12.3 Å². The summed E-state index contributed by atoms with van der Waals surface area (Å²) >= 11 is 0. The SMILES string of the molecule is CC(C)(C)OC(=O)N1CCC2(CC1)C(=O)N(C1CCN(CC(F)(F)F)C1=O)CN2c1ccccc1. The molecular weight excluding hydrogens is 465 g/mol. The van der Waals surface area contributed by atoms with Gasteiger partial charge in [-0.1, -0.05) is 18.2 Å². The number of para-hydroxylation sites is 1. The molecule has 0 aliphatic carbocycles. The number of ether oxygens (including phenoxy) is 1. The van der Waals surface area contributed by atoms with Crippen molar-refractivity contribution in [3.05, 3.63) is 30.3 Å². The maximum Gasteiger partial charge on any atom is 0.410 e. The summed E-state index contributed by atoms with van der Waals surface area (Å²) in [6.45, 7) is 4.67. The second-order valence-corrected chi connectivity index (χ2v) is 10.4. The first kappa shape index (κ1) is 25.1. The summed E-state index contributed by atoms with van der Waals surface area (Å²) in [5, 5.41) is 0. The first-order valence-electron chi connectivity index (χ1n) is 11.8. The number of alkyl halides is 3. The van der Waals surface area contributed by atoms with Crippen LogP contribution in [0.15, 0.2) is 30.3 Å². The lowest BCUT2D eigenvalue weighted by molar-refractivity contribution is -0.159. The van der Waals surface area contributed by atoms with Crippen LogP contribution < -0.4 is 4.90 Å². The van der Waals surface area contributed by atoms with Crippen molar-refractivity contribution in [2.45, 2.75) is 63.4 Å². The Kier molecular flexibility index (Phi) is 6.39. The molecule has 3 aliphatic rings. The molecule has 3 aliphatic heterocycles. The zero-order valence-corrected chi connectivity index (χ0v) is 20.2. The molecule has 0 N–H and O–H groups in total. The topological polar surface area (TPSA) is 73.4 Å². The minimum absolute atomic E-state index is 0.0441. The van der Waals surface area contributed by atoms with Crippen LogP contribution in [-0.2, 0) is 14.3 Å². The van der Waals surface area contributed by atoms with Crippen molar-refractivity contribution in [2.24, 2.45) is 0 Å². The van der Waals surface area contributed by atoms with E-state index in [1.54, 1.807) is 25.7 Å². The van der Waals surface area contributed by atoms with Gasteiger partial charge in [0.05, 0.1) is 6.67 Å². The number of hydrogen-bond acceptors (Lipinski definition) is 5. The zero-order chi connectivity index (χ0) is 25.6. The van der Waals surface area contributed by atoms with Crippen LogP contribution in [0.1, 0.15) is 40.0 Å². The quantitative estimate of drug-likeness (QED) is 0.643. The molecule has 1 atom stereocenters. The second kappa shape index (κ2) is 8.91. The molecule has 4 rings (SSSR count). The summed E-state index contributed by atoms with van der Waals surface area (Å²) in [6.07, 6.45) is -4.14. The van der Waals surface area contributed by atoms with Gasteiger partial charge in [0.1, 0.15) is 23.7 Å². The van der Waals surface area contributed by atoms with E-state index >= 15 is 0 Å². The molecule has 1 spiro atoms. The first-order valence-corrected chi connectivity index (χ1v) is 11.8. The second-order valence-electron chi connectivity index (χ2n) is 10.4. The van der Waals surface area contributed by atoms with Crippen LogP contribution in [0.3, 0.4) is 0 Å². The van der Waals surface area contributed by atoms with Crippen molar-refractivity contribution in [1.82, 2.24) is 14.7 Å². The molecule has 0 aromatic heterocycles. The van der Waals surface area contributed by atoms with Crippen molar-refractivity contribution in [3.8, 4) is 0 Å². The highest BCUT2D eigenvalue weighted by atomic mass is 19.4. The number of amides is 3. The van der Waals surface area contributed by atoms with E-state index in [0.717, 1.165) is 10.6 Å². The molecular formula is C24H31F3N4O4. The Morgan fingerprint density at radius 3 is 2.26 bits per heavy atom. The van der Waals surface area contributed by atoms with Crippen molar-refractivity contribution in [2.75, 3.05) is 37.7 Å². The van der Waals surface area contributed by atoms with E-state index in [4.69, 9.17) is 4.74 Å². The fraction of sp³-hybridized carbons (Fsp3) is 0.625. The molecule has 0 radical (unpaired) electrons. The number of carbonyl (C=O) groups is 3. The lowest BCUT2D eigenvalue weighted by Gasteiger charge is -2.43. The molecule has 0 saturated carbocycles. The minimum Gasteiger partial charge on any atom is -0.444 e. The zero-order valence-electron chi connectivity index (χ0n) is 20.2. The van der Waals surface area contributed by atoms with Gasteiger partial charge in [-0.2, -0.15) is 13.2 Å². The number of anilines is 1. The van der Waals surface area contributed by atoms with Crippen molar-refractivity contribution in [1.29, 1.82) is 0 Å². The molecule has 8 nitrogen and oxygen atoms in total. The predicted octanol–water partition coefficient (Wildman–Crippen LogP) is 3.23. The summed E-state index contributed by atoms with van der Waals surface area (Å²) in [5.74, 6) is -0.954. The van der Waals surface area contributed by atoms with Crippen LogP contribution in [0.2, 0.25) is 0 Å². The van der Waals surface area contributed by atoms with Crippen LogP contribution in [0.5, 0.6) is 0 Å². The van der Waals surface area contributed by atoms with Crippen molar-refractivity contribution in [3.63, 3.8) is 0 Å². The highest BCUT2D eigenvalue weighted by Crippen LogP contribution is 2.41. The Balaban J connectivity index is 1.56. The van der Waals surface area contributed by atoms with E-state index in [1.807, 2.05) is 35.2 Å². The number of rotatable bonds is 3. The molecule has 3 amide bonds. The van der Waals surface area contributed by atoms with Gasteiger partial charge in [0, 0.05) is 25.3 Å². The Bertz CT molecular complexity index is 971. The molecule has 3 heterocycles. The van der Waals surface area contributed by atoms with E-state index in [0.29, 0.717) is 12.8 Å². The lowest BCUT2D eigenvalue weighted by atomic mass is 9.85. The summed E-state index contributed by atoms with van der Waals surface area (Å²) in [6, 6.07) is 8.35. The van der Waals surface area contributed by atoms with E-state index in [2.05, 4.69) is 0 Å². The van der Waals surface area contributed by atoms with E-state index in [9.17, 15) is 27.6 Å². The smallest absolute Gasteiger partial charge is 0.410 e. The maximum absolute atomic E-state index is 13.9. The Hall–Kier alpha value is -2.98. The number of carbonyl (C=O) groups excluding carboxylic acids is 3. The van der Waals surface area contributed by atoms with Crippen LogP contribution in [0.4, 0.5) is 23.7 Å². The fourth-order valence-corrected chi connectivity index (χ4v) is 5.17. The Morgan fingerprint density at radius 1 is 1.06 bits per heavy atom. The fourth-order valence-electron chi connectivity index (χ4n) is 5.17. The monoisotopic (exact) mass is 496 g/mol. The van der Waals surface area contributed by atoms with Crippen molar-refractivity contribution >= 4 is 23.6 Å². The highest BCUT2D eigenvalue weighted by Gasteiger charge is 2.57. The van der Waals surface area contributed by atoms with Gasteiger partial charge < -0.3 is 24.3 Å². The highest BCUT2D eigenvalue weighted by molar-refractivity contribution is 5.98. The maximum atomic E-state index is 13.9. The third kappa shape index (κ3) is 5.04. The average Bonchev–Trinajstić information content (AvgIpc) is 3.24. The molecule has 35 heavy (non-hydrogen) atoms. The summed E-state index contributed by atoms with van der Waals surface area (Å²) in [5.41, 5.74) is -0.850. The van der Waals surface area contributed by atoms with Gasteiger partial charge in [-0.25, -0.2) is 4.79 Å².